The molecule has 0 aliphatic carbocycles. The quantitative estimate of drug-likeness (QED) is 0.168. The predicted molar refractivity (Wildman–Crippen MR) is 250 cm³/mol. The van der Waals surface area contributed by atoms with Crippen LogP contribution in [0.1, 0.15) is 0 Å². The molecule has 61 heavy (non-hydrogen) atoms. The number of pyridine rings is 1. The molecule has 0 saturated carbocycles. The van der Waals surface area contributed by atoms with Crippen LogP contribution in [0, 0.1) is 0 Å². The van der Waals surface area contributed by atoms with Gasteiger partial charge in [-0.1, -0.05) is 164 Å². The minimum Gasteiger partial charge on any atom is -0.456 e. The van der Waals surface area contributed by atoms with E-state index < -0.39 is 0 Å². The molecule has 3 aromatic heterocycles. The highest BCUT2D eigenvalue weighted by Gasteiger charge is 2.19. The molecular weight excluding hydrogens is 745 g/mol. The van der Waals surface area contributed by atoms with Crippen LogP contribution in [-0.2, 0) is 0 Å². The second kappa shape index (κ2) is 14.2. The summed E-state index contributed by atoms with van der Waals surface area (Å²) in [6.07, 6.45) is 0. The highest BCUT2D eigenvalue weighted by atomic mass is 16.3. The Bertz CT molecular complexity index is 3650. The lowest BCUT2D eigenvalue weighted by Crippen LogP contribution is -2.00. The van der Waals surface area contributed by atoms with Crippen molar-refractivity contribution in [3.63, 3.8) is 0 Å². The molecule has 9 aromatic carbocycles. The summed E-state index contributed by atoms with van der Waals surface area (Å²) in [7, 11) is 0. The molecule has 5 nitrogen and oxygen atoms in total. The van der Waals surface area contributed by atoms with Gasteiger partial charge in [0.05, 0.1) is 11.2 Å². The molecule has 284 valence electrons. The van der Waals surface area contributed by atoms with Gasteiger partial charge in [0.25, 0.3) is 0 Å². The van der Waals surface area contributed by atoms with E-state index in [1.165, 1.54) is 21.9 Å². The van der Waals surface area contributed by atoms with Crippen molar-refractivity contribution in [2.45, 2.75) is 0 Å². The summed E-state index contributed by atoms with van der Waals surface area (Å²) in [6, 6.07) is 71.8. The lowest BCUT2D eigenvalue weighted by atomic mass is 9.97. The third-order valence-corrected chi connectivity index (χ3v) is 11.7. The highest BCUT2D eigenvalue weighted by molar-refractivity contribution is 6.15. The lowest BCUT2D eigenvalue weighted by molar-refractivity contribution is 0.669. The standard InChI is InChI=1S/C56H34N4O/c1-2-11-41-32-46(28-21-35(41)9-1)43-15-7-14-42(31-43)36-19-24-39(25-20-36)54-58-55(40-26-22-38(23-27-40)50-30-29-37-10-5-6-17-49(37)57-50)60-56(59-54)47-16-8-18-51-53(47)48-33-44-12-3-4-13-45(44)34-52(48)61-51/h1-34H. The molecule has 0 fully saturated rings. The normalized spacial score (nSPS) is 11.6. The van der Waals surface area contributed by atoms with Crippen molar-refractivity contribution < 1.29 is 4.42 Å². The summed E-state index contributed by atoms with van der Waals surface area (Å²) in [5.41, 5.74) is 11.8. The largest absolute Gasteiger partial charge is 0.456 e. The van der Waals surface area contributed by atoms with Crippen molar-refractivity contribution >= 4 is 54.4 Å². The summed E-state index contributed by atoms with van der Waals surface area (Å²) in [6.45, 7) is 0. The number of para-hydroxylation sites is 1. The summed E-state index contributed by atoms with van der Waals surface area (Å²) in [4.78, 5) is 20.5. The number of furan rings is 1. The van der Waals surface area contributed by atoms with Crippen LogP contribution in [0.4, 0.5) is 0 Å². The van der Waals surface area contributed by atoms with Gasteiger partial charge in [0, 0.05) is 38.4 Å². The Morgan fingerprint density at radius 1 is 0.295 bits per heavy atom. The van der Waals surface area contributed by atoms with E-state index in [4.69, 9.17) is 24.4 Å². The van der Waals surface area contributed by atoms with Gasteiger partial charge in [-0.15, -0.1) is 0 Å². The van der Waals surface area contributed by atoms with E-state index in [2.05, 4.69) is 176 Å². The average Bonchev–Trinajstić information content (AvgIpc) is 3.70. The van der Waals surface area contributed by atoms with Gasteiger partial charge in [0.15, 0.2) is 17.5 Å². The van der Waals surface area contributed by atoms with Crippen molar-refractivity contribution in [2.24, 2.45) is 0 Å². The third-order valence-electron chi connectivity index (χ3n) is 11.7. The Morgan fingerprint density at radius 2 is 0.836 bits per heavy atom. The number of hydrogen-bond donors (Lipinski definition) is 0. The fourth-order valence-electron chi connectivity index (χ4n) is 8.53. The number of nitrogens with zero attached hydrogens (tertiary/aromatic N) is 4. The summed E-state index contributed by atoms with van der Waals surface area (Å²) >= 11 is 0. The SMILES string of the molecule is c1cc(-c2ccc(-c3nc(-c4ccc(-c5ccc6ccccc6n5)cc4)nc(-c4cccc5oc6cc7ccccc7cc6c45)n3)cc2)cc(-c2ccc3ccccc3c2)c1. The van der Waals surface area contributed by atoms with E-state index in [9.17, 15) is 0 Å². The molecule has 0 aliphatic rings. The third kappa shape index (κ3) is 6.28. The number of rotatable bonds is 6. The smallest absolute Gasteiger partial charge is 0.164 e. The zero-order valence-corrected chi connectivity index (χ0v) is 32.8. The van der Waals surface area contributed by atoms with E-state index in [1.807, 2.05) is 30.3 Å². The van der Waals surface area contributed by atoms with Gasteiger partial charge < -0.3 is 4.42 Å². The zero-order chi connectivity index (χ0) is 40.3. The molecule has 12 rings (SSSR count). The van der Waals surface area contributed by atoms with E-state index in [0.717, 1.165) is 82.7 Å². The number of benzene rings is 9. The van der Waals surface area contributed by atoms with Crippen LogP contribution in [0.3, 0.4) is 0 Å². The van der Waals surface area contributed by atoms with E-state index in [0.29, 0.717) is 17.5 Å². The van der Waals surface area contributed by atoms with Crippen molar-refractivity contribution in [3.8, 4) is 67.7 Å². The molecule has 0 aliphatic heterocycles. The summed E-state index contributed by atoms with van der Waals surface area (Å²) < 4.78 is 6.47. The van der Waals surface area contributed by atoms with Gasteiger partial charge in [-0.25, -0.2) is 19.9 Å². The Labute approximate surface area is 351 Å². The minimum absolute atomic E-state index is 0.578. The molecule has 12 aromatic rings. The average molecular weight is 779 g/mol. The van der Waals surface area contributed by atoms with E-state index in [1.54, 1.807) is 0 Å². The van der Waals surface area contributed by atoms with Crippen LogP contribution in [0.5, 0.6) is 0 Å². The Morgan fingerprint density at radius 3 is 1.59 bits per heavy atom. The highest BCUT2D eigenvalue weighted by Crippen LogP contribution is 2.39. The van der Waals surface area contributed by atoms with Crippen LogP contribution in [0.25, 0.3) is 122 Å². The Hall–Kier alpha value is -8.28. The molecule has 0 bridgehead atoms. The fourth-order valence-corrected chi connectivity index (χ4v) is 8.53. The zero-order valence-electron chi connectivity index (χ0n) is 32.8. The van der Waals surface area contributed by atoms with E-state index in [-0.39, 0.29) is 0 Å². The van der Waals surface area contributed by atoms with E-state index >= 15 is 0 Å². The molecule has 3 heterocycles. The Balaban J connectivity index is 0.962. The van der Waals surface area contributed by atoms with Gasteiger partial charge in [0.1, 0.15) is 11.2 Å². The van der Waals surface area contributed by atoms with Crippen molar-refractivity contribution in [1.82, 2.24) is 19.9 Å². The van der Waals surface area contributed by atoms with Gasteiger partial charge in [-0.3, -0.25) is 0 Å². The molecule has 0 unspecified atom stereocenters. The topological polar surface area (TPSA) is 64.7 Å². The molecule has 0 N–H and O–H groups in total. The number of fused-ring (bicyclic) bond motifs is 6. The summed E-state index contributed by atoms with van der Waals surface area (Å²) in [5.74, 6) is 1.75. The maximum atomic E-state index is 6.47. The van der Waals surface area contributed by atoms with Gasteiger partial charge in [-0.05, 0) is 86.3 Å². The first kappa shape index (κ1) is 34.7. The fraction of sp³-hybridized carbons (Fsp3) is 0. The molecule has 0 amide bonds. The number of aromatic nitrogens is 4. The van der Waals surface area contributed by atoms with Crippen molar-refractivity contribution in [3.05, 3.63) is 206 Å². The molecule has 5 heteroatoms. The van der Waals surface area contributed by atoms with Crippen LogP contribution >= 0.6 is 0 Å². The molecule has 0 saturated heterocycles. The van der Waals surface area contributed by atoms with Crippen LogP contribution in [-0.4, -0.2) is 19.9 Å². The van der Waals surface area contributed by atoms with Crippen molar-refractivity contribution in [2.75, 3.05) is 0 Å². The van der Waals surface area contributed by atoms with Crippen LogP contribution in [0.15, 0.2) is 211 Å². The second-order valence-corrected chi connectivity index (χ2v) is 15.5. The molecule has 0 atom stereocenters. The minimum atomic E-state index is 0.578. The van der Waals surface area contributed by atoms with Gasteiger partial charge >= 0.3 is 0 Å². The molecular formula is C56H34N4O. The molecule has 0 radical (unpaired) electrons. The lowest BCUT2D eigenvalue weighted by Gasteiger charge is -2.11. The first-order valence-electron chi connectivity index (χ1n) is 20.4. The molecule has 0 spiro atoms. The maximum absolute atomic E-state index is 6.47. The summed E-state index contributed by atoms with van der Waals surface area (Å²) in [5, 5.41) is 7.86. The predicted octanol–water partition coefficient (Wildman–Crippen LogP) is 14.6. The van der Waals surface area contributed by atoms with Crippen LogP contribution < -0.4 is 0 Å². The first-order chi connectivity index (χ1) is 30.2. The van der Waals surface area contributed by atoms with Crippen LogP contribution in [0.2, 0.25) is 0 Å². The maximum Gasteiger partial charge on any atom is 0.164 e. The first-order valence-corrected chi connectivity index (χ1v) is 20.4. The second-order valence-electron chi connectivity index (χ2n) is 15.5. The van der Waals surface area contributed by atoms with Crippen molar-refractivity contribution in [1.29, 1.82) is 0 Å². The van der Waals surface area contributed by atoms with Gasteiger partial charge in [-0.2, -0.15) is 0 Å². The van der Waals surface area contributed by atoms with Gasteiger partial charge in [0.2, 0.25) is 0 Å². The monoisotopic (exact) mass is 778 g/mol. The Kier molecular flexibility index (Phi) is 8.10. The number of hydrogen-bond acceptors (Lipinski definition) is 5.